The van der Waals surface area contributed by atoms with Crippen molar-refractivity contribution >= 4 is 39.1 Å². The number of aryl methyl sites for hydroxylation is 1. The molecule has 4 aromatic carbocycles. The molecule has 10 heteroatoms. The predicted octanol–water partition coefficient (Wildman–Crippen LogP) is 4.95. The van der Waals surface area contributed by atoms with Crippen molar-refractivity contribution in [2.24, 2.45) is 0 Å². The Morgan fingerprint density at radius 2 is 1.60 bits per heavy atom. The first-order valence-corrected chi connectivity index (χ1v) is 15.2. The lowest BCUT2D eigenvalue weighted by Crippen LogP contribution is -2.52. The minimum Gasteiger partial charge on any atom is -0.477 e. The Labute approximate surface area is 250 Å². The van der Waals surface area contributed by atoms with Gasteiger partial charge in [0.05, 0.1) is 23.7 Å². The second kappa shape index (κ2) is 12.8. The van der Waals surface area contributed by atoms with Gasteiger partial charge in [0.2, 0.25) is 15.9 Å². The van der Waals surface area contributed by atoms with Crippen LogP contribution in [0.5, 0.6) is 5.75 Å². The second-order valence-electron chi connectivity index (χ2n) is 9.94. The van der Waals surface area contributed by atoms with Crippen molar-refractivity contribution in [1.29, 1.82) is 0 Å². The molecule has 1 heterocycles. The molecule has 1 atom stereocenters. The van der Waals surface area contributed by atoms with Gasteiger partial charge in [-0.3, -0.25) is 9.59 Å². The average molecular weight is 604 g/mol. The summed E-state index contributed by atoms with van der Waals surface area (Å²) in [6, 6.07) is 29.6. The molecule has 0 unspecified atom stereocenters. The molecule has 0 saturated heterocycles. The molecule has 2 amide bonds. The molecular formula is C32H30ClN3O5S. The molecule has 4 aromatic rings. The summed E-state index contributed by atoms with van der Waals surface area (Å²) in [5.74, 6) is -0.502. The minimum absolute atomic E-state index is 0.0175. The topological polar surface area (TPSA) is 96.0 Å². The van der Waals surface area contributed by atoms with E-state index in [9.17, 15) is 18.0 Å². The largest absolute Gasteiger partial charge is 0.477 e. The maximum atomic E-state index is 13.9. The number of anilines is 1. The van der Waals surface area contributed by atoms with Gasteiger partial charge in [-0.25, -0.2) is 8.42 Å². The Bertz CT molecular complexity index is 1680. The molecule has 0 aliphatic carbocycles. The van der Waals surface area contributed by atoms with E-state index >= 15 is 0 Å². The van der Waals surface area contributed by atoms with E-state index in [0.717, 1.165) is 21.0 Å². The number of halogens is 1. The SMILES string of the molecule is Cc1ccccc1CN(CC(=O)N1C[C@H](C(=O)NCc2ccccc2)Oc2ccccc21)S(=O)(=O)c1ccc(Cl)cc1. The first-order chi connectivity index (χ1) is 20.2. The van der Waals surface area contributed by atoms with Crippen LogP contribution in [0.1, 0.15) is 16.7 Å². The van der Waals surface area contributed by atoms with E-state index in [0.29, 0.717) is 23.0 Å². The summed E-state index contributed by atoms with van der Waals surface area (Å²) in [7, 11) is -4.10. The lowest BCUT2D eigenvalue weighted by Gasteiger charge is -2.35. The van der Waals surface area contributed by atoms with Crippen molar-refractivity contribution in [3.05, 3.63) is 125 Å². The fourth-order valence-corrected chi connectivity index (χ4v) is 6.19. The van der Waals surface area contributed by atoms with Gasteiger partial charge in [0, 0.05) is 18.1 Å². The van der Waals surface area contributed by atoms with Gasteiger partial charge < -0.3 is 15.0 Å². The first-order valence-electron chi connectivity index (χ1n) is 13.4. The number of sulfonamides is 1. The highest BCUT2D eigenvalue weighted by molar-refractivity contribution is 7.89. The summed E-state index contributed by atoms with van der Waals surface area (Å²) in [6.07, 6.45) is -0.981. The zero-order chi connectivity index (χ0) is 29.7. The average Bonchev–Trinajstić information content (AvgIpc) is 3.00. The summed E-state index contributed by atoms with van der Waals surface area (Å²) in [6.45, 7) is 1.65. The fraction of sp³-hybridized carbons (Fsp3) is 0.188. The zero-order valence-corrected chi connectivity index (χ0v) is 24.5. The van der Waals surface area contributed by atoms with Gasteiger partial charge in [-0.05, 0) is 60.0 Å². The number of ether oxygens (including phenoxy) is 1. The van der Waals surface area contributed by atoms with Gasteiger partial charge in [0.25, 0.3) is 5.91 Å². The third-order valence-electron chi connectivity index (χ3n) is 7.05. The van der Waals surface area contributed by atoms with Crippen LogP contribution in [0.15, 0.2) is 108 Å². The van der Waals surface area contributed by atoms with E-state index in [1.807, 2.05) is 61.5 Å². The van der Waals surface area contributed by atoms with E-state index in [-0.39, 0.29) is 23.9 Å². The smallest absolute Gasteiger partial charge is 0.263 e. The quantitative estimate of drug-likeness (QED) is 0.292. The molecule has 1 aliphatic rings. The molecular weight excluding hydrogens is 574 g/mol. The number of para-hydroxylation sites is 2. The predicted molar refractivity (Wildman–Crippen MR) is 162 cm³/mol. The summed E-state index contributed by atoms with van der Waals surface area (Å²) < 4.78 is 34.8. The molecule has 0 bridgehead atoms. The number of nitrogens with one attached hydrogen (secondary N) is 1. The lowest BCUT2D eigenvalue weighted by atomic mass is 10.1. The van der Waals surface area contributed by atoms with Crippen molar-refractivity contribution < 1.29 is 22.7 Å². The maximum Gasteiger partial charge on any atom is 0.263 e. The number of nitrogens with zero attached hydrogens (tertiary/aromatic N) is 2. The molecule has 0 radical (unpaired) electrons. The molecule has 0 fully saturated rings. The summed E-state index contributed by atoms with van der Waals surface area (Å²) in [5, 5.41) is 3.27. The molecule has 0 aromatic heterocycles. The number of carbonyl (C=O) groups excluding carboxylic acids is 2. The Hall–Kier alpha value is -4.18. The highest BCUT2D eigenvalue weighted by Gasteiger charge is 2.36. The standard InChI is InChI=1S/C32H30ClN3O5S/c1-23-9-5-6-12-25(23)20-35(42(39,40)27-17-15-26(33)16-18-27)22-31(37)36-21-30(41-29-14-8-7-13-28(29)36)32(38)34-19-24-10-3-2-4-11-24/h2-18,30H,19-22H2,1H3,(H,34,38)/t30-/m1/s1. The normalized spacial score (nSPS) is 14.6. The number of benzene rings is 4. The van der Waals surface area contributed by atoms with Gasteiger partial charge >= 0.3 is 0 Å². The Kier molecular flexibility index (Phi) is 8.91. The van der Waals surface area contributed by atoms with Crippen molar-refractivity contribution in [2.75, 3.05) is 18.0 Å². The monoisotopic (exact) mass is 603 g/mol. The van der Waals surface area contributed by atoms with Crippen LogP contribution in [0.3, 0.4) is 0 Å². The number of carbonyl (C=O) groups is 2. The van der Waals surface area contributed by atoms with Crippen LogP contribution in [-0.4, -0.2) is 43.7 Å². The van der Waals surface area contributed by atoms with Crippen LogP contribution < -0.4 is 15.0 Å². The zero-order valence-electron chi connectivity index (χ0n) is 22.9. The van der Waals surface area contributed by atoms with Crippen LogP contribution >= 0.6 is 11.6 Å². The van der Waals surface area contributed by atoms with Gasteiger partial charge in [0.1, 0.15) is 5.75 Å². The van der Waals surface area contributed by atoms with Crippen molar-refractivity contribution in [3.63, 3.8) is 0 Å². The fourth-order valence-electron chi connectivity index (χ4n) is 4.70. The third kappa shape index (κ3) is 6.65. The minimum atomic E-state index is -4.10. The summed E-state index contributed by atoms with van der Waals surface area (Å²) >= 11 is 6.01. The van der Waals surface area contributed by atoms with Crippen molar-refractivity contribution in [3.8, 4) is 5.75 Å². The van der Waals surface area contributed by atoms with Crippen molar-refractivity contribution in [2.45, 2.75) is 31.0 Å². The Balaban J connectivity index is 1.41. The molecule has 0 saturated carbocycles. The molecule has 1 aliphatic heterocycles. The van der Waals surface area contributed by atoms with Gasteiger partial charge in [-0.2, -0.15) is 4.31 Å². The lowest BCUT2D eigenvalue weighted by molar-refractivity contribution is -0.128. The third-order valence-corrected chi connectivity index (χ3v) is 9.11. The van der Waals surface area contributed by atoms with Crippen LogP contribution in [-0.2, 0) is 32.7 Å². The summed E-state index contributed by atoms with van der Waals surface area (Å²) in [4.78, 5) is 28.5. The van der Waals surface area contributed by atoms with E-state index in [1.54, 1.807) is 24.3 Å². The highest BCUT2D eigenvalue weighted by Crippen LogP contribution is 2.34. The Morgan fingerprint density at radius 3 is 2.33 bits per heavy atom. The van der Waals surface area contributed by atoms with E-state index in [4.69, 9.17) is 16.3 Å². The van der Waals surface area contributed by atoms with Crippen LogP contribution in [0.4, 0.5) is 5.69 Å². The van der Waals surface area contributed by atoms with E-state index in [1.165, 1.54) is 29.2 Å². The van der Waals surface area contributed by atoms with Gasteiger partial charge in [-0.15, -0.1) is 0 Å². The Morgan fingerprint density at radius 1 is 0.929 bits per heavy atom. The van der Waals surface area contributed by atoms with Gasteiger partial charge in [-0.1, -0.05) is 78.3 Å². The van der Waals surface area contributed by atoms with Crippen LogP contribution in [0.2, 0.25) is 5.02 Å². The molecule has 216 valence electrons. The van der Waals surface area contributed by atoms with E-state index in [2.05, 4.69) is 5.32 Å². The van der Waals surface area contributed by atoms with Crippen LogP contribution in [0, 0.1) is 6.92 Å². The van der Waals surface area contributed by atoms with E-state index < -0.39 is 28.6 Å². The summed E-state index contributed by atoms with van der Waals surface area (Å²) in [5.41, 5.74) is 3.06. The highest BCUT2D eigenvalue weighted by atomic mass is 35.5. The number of amides is 2. The van der Waals surface area contributed by atoms with Gasteiger partial charge in [0.15, 0.2) is 6.10 Å². The number of fused-ring (bicyclic) bond motifs is 1. The van der Waals surface area contributed by atoms with Crippen molar-refractivity contribution in [1.82, 2.24) is 9.62 Å². The first kappa shape index (κ1) is 29.3. The molecule has 8 nitrogen and oxygen atoms in total. The molecule has 42 heavy (non-hydrogen) atoms. The molecule has 5 rings (SSSR count). The molecule has 0 spiro atoms. The number of hydrogen-bond acceptors (Lipinski definition) is 5. The maximum absolute atomic E-state index is 13.9. The molecule has 1 N–H and O–H groups in total. The van der Waals surface area contributed by atoms with Crippen LogP contribution in [0.25, 0.3) is 0 Å². The number of hydrogen-bond donors (Lipinski definition) is 1. The second-order valence-corrected chi connectivity index (χ2v) is 12.3. The number of rotatable bonds is 9.